The molecule has 40 heavy (non-hydrogen) atoms. The van der Waals surface area contributed by atoms with Gasteiger partial charge in [-0.3, -0.25) is 0 Å². The fraction of sp³-hybridized carbons (Fsp3) is 0. The van der Waals surface area contributed by atoms with Crippen LogP contribution in [0.5, 0.6) is 0 Å². The second-order valence-corrected chi connectivity index (χ2v) is 10.1. The number of hydrogen-bond donors (Lipinski definition) is 0. The van der Waals surface area contributed by atoms with Crippen molar-refractivity contribution in [1.29, 1.82) is 0 Å². The highest BCUT2D eigenvalue weighted by molar-refractivity contribution is 6.23. The summed E-state index contributed by atoms with van der Waals surface area (Å²) >= 11 is 0. The molecule has 0 aliphatic rings. The van der Waals surface area contributed by atoms with E-state index in [2.05, 4.69) is 121 Å². The molecular weight excluding hydrogens is 486 g/mol. The normalized spacial score (nSPS) is 11.5. The van der Waals surface area contributed by atoms with E-state index in [9.17, 15) is 0 Å². The third-order valence-electron chi connectivity index (χ3n) is 7.67. The van der Waals surface area contributed by atoms with Crippen LogP contribution in [0.1, 0.15) is 0 Å². The Morgan fingerprint density at radius 3 is 1.73 bits per heavy atom. The summed E-state index contributed by atoms with van der Waals surface area (Å²) in [5, 5.41) is 9.54. The van der Waals surface area contributed by atoms with Crippen LogP contribution in [-0.2, 0) is 0 Å². The number of fused-ring (bicyclic) bond motifs is 6. The van der Waals surface area contributed by atoms with Crippen molar-refractivity contribution in [2.24, 2.45) is 0 Å². The van der Waals surface area contributed by atoms with Crippen LogP contribution in [0.15, 0.2) is 140 Å². The van der Waals surface area contributed by atoms with Crippen LogP contribution in [0, 0.1) is 0 Å². The molecule has 0 atom stereocenters. The van der Waals surface area contributed by atoms with Crippen molar-refractivity contribution in [3.05, 3.63) is 140 Å². The molecule has 186 valence electrons. The van der Waals surface area contributed by atoms with Gasteiger partial charge in [0.15, 0.2) is 17.5 Å². The molecule has 0 aliphatic carbocycles. The van der Waals surface area contributed by atoms with Crippen LogP contribution in [0.25, 0.3) is 77.3 Å². The Labute approximate surface area is 231 Å². The molecule has 0 spiro atoms. The molecular formula is C37H23N3. The van der Waals surface area contributed by atoms with Crippen LogP contribution < -0.4 is 0 Å². The van der Waals surface area contributed by atoms with Crippen molar-refractivity contribution in [2.45, 2.75) is 0 Å². The van der Waals surface area contributed by atoms with Crippen molar-refractivity contribution >= 4 is 43.1 Å². The van der Waals surface area contributed by atoms with Gasteiger partial charge in [-0.25, -0.2) is 15.0 Å². The van der Waals surface area contributed by atoms with Gasteiger partial charge >= 0.3 is 0 Å². The molecule has 3 heteroatoms. The van der Waals surface area contributed by atoms with Gasteiger partial charge in [-0.2, -0.15) is 0 Å². The van der Waals surface area contributed by atoms with E-state index in [1.165, 1.54) is 26.9 Å². The summed E-state index contributed by atoms with van der Waals surface area (Å²) in [5.74, 6) is 2.00. The predicted octanol–water partition coefficient (Wildman–Crippen LogP) is 9.49. The number of hydrogen-bond acceptors (Lipinski definition) is 3. The first-order valence-corrected chi connectivity index (χ1v) is 13.5. The summed E-state index contributed by atoms with van der Waals surface area (Å²) in [4.78, 5) is 15.2. The molecule has 8 rings (SSSR count). The van der Waals surface area contributed by atoms with Crippen LogP contribution in [0.2, 0.25) is 0 Å². The summed E-state index contributed by atoms with van der Waals surface area (Å²) in [5.41, 5.74) is 2.93. The van der Waals surface area contributed by atoms with Crippen molar-refractivity contribution < 1.29 is 0 Å². The Balaban J connectivity index is 1.45. The third kappa shape index (κ3) is 3.71. The van der Waals surface area contributed by atoms with Gasteiger partial charge in [0.2, 0.25) is 0 Å². The zero-order valence-corrected chi connectivity index (χ0v) is 21.6. The Bertz CT molecular complexity index is 2210. The largest absolute Gasteiger partial charge is 0.208 e. The molecule has 8 aromatic rings. The van der Waals surface area contributed by atoms with E-state index in [0.29, 0.717) is 17.5 Å². The number of benzene rings is 7. The minimum Gasteiger partial charge on any atom is -0.208 e. The molecule has 0 bridgehead atoms. The van der Waals surface area contributed by atoms with Crippen molar-refractivity contribution in [2.75, 3.05) is 0 Å². The van der Waals surface area contributed by atoms with Crippen LogP contribution >= 0.6 is 0 Å². The molecule has 0 N–H and O–H groups in total. The highest BCUT2D eigenvalue weighted by Crippen LogP contribution is 2.38. The van der Waals surface area contributed by atoms with Gasteiger partial charge in [-0.05, 0) is 43.8 Å². The zero-order valence-electron chi connectivity index (χ0n) is 21.6. The number of rotatable bonds is 3. The predicted molar refractivity (Wildman–Crippen MR) is 166 cm³/mol. The Morgan fingerprint density at radius 2 is 0.900 bits per heavy atom. The monoisotopic (exact) mass is 509 g/mol. The summed E-state index contributed by atoms with van der Waals surface area (Å²) in [6.07, 6.45) is 0. The van der Waals surface area contributed by atoms with Crippen LogP contribution in [0.4, 0.5) is 0 Å². The van der Waals surface area contributed by atoms with Gasteiger partial charge in [-0.1, -0.05) is 133 Å². The van der Waals surface area contributed by atoms with E-state index >= 15 is 0 Å². The smallest absolute Gasteiger partial charge is 0.164 e. The molecule has 1 aromatic heterocycles. The van der Waals surface area contributed by atoms with Gasteiger partial charge in [0.25, 0.3) is 0 Å². The van der Waals surface area contributed by atoms with Crippen molar-refractivity contribution in [1.82, 2.24) is 15.0 Å². The number of nitrogens with zero attached hydrogens (tertiary/aromatic N) is 3. The molecule has 0 radical (unpaired) electrons. The average molecular weight is 510 g/mol. The first-order chi connectivity index (χ1) is 19.8. The van der Waals surface area contributed by atoms with Gasteiger partial charge in [0.1, 0.15) is 0 Å². The Morgan fingerprint density at radius 1 is 0.325 bits per heavy atom. The molecule has 0 fully saturated rings. The van der Waals surface area contributed by atoms with Gasteiger partial charge in [0.05, 0.1) is 0 Å². The summed E-state index contributed by atoms with van der Waals surface area (Å²) < 4.78 is 0. The first-order valence-electron chi connectivity index (χ1n) is 13.5. The van der Waals surface area contributed by atoms with E-state index in [-0.39, 0.29) is 0 Å². The lowest BCUT2D eigenvalue weighted by Gasteiger charge is -2.13. The molecule has 0 unspecified atom stereocenters. The van der Waals surface area contributed by atoms with Gasteiger partial charge in [0, 0.05) is 22.1 Å². The Hall–Kier alpha value is -5.41. The molecule has 0 saturated carbocycles. The lowest BCUT2D eigenvalue weighted by atomic mass is 9.93. The quantitative estimate of drug-likeness (QED) is 0.223. The SMILES string of the molecule is c1ccc(-c2nc(-c3ccc4ccccc4c3)nc(-c3cccc4ccc5ccc6ccccc6c5c34)n2)cc1. The van der Waals surface area contributed by atoms with Crippen molar-refractivity contribution in [3.8, 4) is 34.2 Å². The summed E-state index contributed by atoms with van der Waals surface area (Å²) in [6, 6.07) is 48.7. The second kappa shape index (κ2) is 9.11. The molecule has 1 heterocycles. The van der Waals surface area contributed by atoms with E-state index in [0.717, 1.165) is 32.8 Å². The maximum absolute atomic E-state index is 5.12. The lowest BCUT2D eigenvalue weighted by molar-refractivity contribution is 1.08. The topological polar surface area (TPSA) is 38.7 Å². The molecule has 0 saturated heterocycles. The summed E-state index contributed by atoms with van der Waals surface area (Å²) in [7, 11) is 0. The lowest BCUT2D eigenvalue weighted by Crippen LogP contribution is -2.00. The second-order valence-electron chi connectivity index (χ2n) is 10.1. The molecule has 0 amide bonds. The fourth-order valence-corrected chi connectivity index (χ4v) is 5.73. The number of aromatic nitrogens is 3. The van der Waals surface area contributed by atoms with Crippen molar-refractivity contribution in [3.63, 3.8) is 0 Å². The third-order valence-corrected chi connectivity index (χ3v) is 7.67. The summed E-state index contributed by atoms with van der Waals surface area (Å²) in [6.45, 7) is 0. The average Bonchev–Trinajstić information content (AvgIpc) is 3.04. The standard InChI is InChI=1S/C37H23N3/c1-2-11-28(12-3-1)35-38-36(30-22-17-24-9-4-5-13-29(24)23-30)40-37(39-35)32-16-8-14-26-20-21-27-19-18-25-10-6-7-15-31(25)33(27)34(26)32/h1-23H. The maximum Gasteiger partial charge on any atom is 0.164 e. The van der Waals surface area contributed by atoms with Gasteiger partial charge in [-0.15, -0.1) is 0 Å². The molecule has 7 aromatic carbocycles. The van der Waals surface area contributed by atoms with E-state index in [1.807, 2.05) is 18.2 Å². The highest BCUT2D eigenvalue weighted by atomic mass is 15.0. The van der Waals surface area contributed by atoms with Crippen LogP contribution in [0.3, 0.4) is 0 Å². The van der Waals surface area contributed by atoms with Gasteiger partial charge < -0.3 is 0 Å². The van der Waals surface area contributed by atoms with E-state index < -0.39 is 0 Å². The minimum atomic E-state index is 0.663. The zero-order chi connectivity index (χ0) is 26.5. The van der Waals surface area contributed by atoms with Crippen LogP contribution in [-0.4, -0.2) is 15.0 Å². The Kier molecular flexibility index (Phi) is 5.14. The minimum absolute atomic E-state index is 0.663. The molecule has 3 nitrogen and oxygen atoms in total. The van der Waals surface area contributed by atoms with E-state index in [4.69, 9.17) is 15.0 Å². The fourth-order valence-electron chi connectivity index (χ4n) is 5.73. The highest BCUT2D eigenvalue weighted by Gasteiger charge is 2.16. The molecule has 0 aliphatic heterocycles. The maximum atomic E-state index is 5.12. The first kappa shape index (κ1) is 22.6. The van der Waals surface area contributed by atoms with E-state index in [1.54, 1.807) is 0 Å².